The van der Waals surface area contributed by atoms with Crippen LogP contribution < -0.4 is 4.74 Å². The number of imidazole rings is 1. The minimum absolute atomic E-state index is 0.169. The summed E-state index contributed by atoms with van der Waals surface area (Å²) in [6.45, 7) is 6.73. The van der Waals surface area contributed by atoms with Gasteiger partial charge in [-0.3, -0.25) is 4.79 Å². The zero-order chi connectivity index (χ0) is 20.9. The van der Waals surface area contributed by atoms with E-state index in [0.717, 1.165) is 48.5 Å². The molecule has 158 valence electrons. The van der Waals surface area contributed by atoms with Gasteiger partial charge >= 0.3 is 0 Å². The Morgan fingerprint density at radius 3 is 2.40 bits per heavy atom. The number of carbonyl (C=O) groups excluding carboxylic acids is 1. The number of hydrogen-bond donors (Lipinski definition) is 0. The van der Waals surface area contributed by atoms with Gasteiger partial charge < -0.3 is 14.2 Å². The van der Waals surface area contributed by atoms with E-state index in [0.29, 0.717) is 19.1 Å². The van der Waals surface area contributed by atoms with Crippen LogP contribution in [0.5, 0.6) is 5.75 Å². The highest BCUT2D eigenvalue weighted by atomic mass is 16.5. The van der Waals surface area contributed by atoms with Crippen LogP contribution in [0.4, 0.5) is 0 Å². The maximum atomic E-state index is 13.0. The fourth-order valence-corrected chi connectivity index (χ4v) is 4.06. The third-order valence-corrected chi connectivity index (χ3v) is 5.90. The zero-order valence-corrected chi connectivity index (χ0v) is 18.0. The summed E-state index contributed by atoms with van der Waals surface area (Å²) in [5.74, 6) is 2.26. The van der Waals surface area contributed by atoms with E-state index in [9.17, 15) is 4.79 Å². The van der Waals surface area contributed by atoms with Gasteiger partial charge in [-0.15, -0.1) is 0 Å². The van der Waals surface area contributed by atoms with Gasteiger partial charge in [0.1, 0.15) is 24.7 Å². The van der Waals surface area contributed by atoms with Crippen LogP contribution in [0.2, 0.25) is 0 Å². The molecule has 5 heteroatoms. The third kappa shape index (κ3) is 4.66. The highest BCUT2D eigenvalue weighted by molar-refractivity contribution is 5.81. The maximum absolute atomic E-state index is 13.0. The Morgan fingerprint density at radius 2 is 1.70 bits per heavy atom. The molecular formula is C25H31N3O2. The molecule has 0 atom stereocenters. The van der Waals surface area contributed by atoms with E-state index in [2.05, 4.69) is 26.0 Å². The van der Waals surface area contributed by atoms with Crippen molar-refractivity contribution in [2.75, 3.05) is 13.1 Å². The summed E-state index contributed by atoms with van der Waals surface area (Å²) < 4.78 is 8.05. The fraction of sp³-hybridized carbons (Fsp3) is 0.440. The first kappa shape index (κ1) is 20.5. The first-order valence-corrected chi connectivity index (χ1v) is 11.1. The quantitative estimate of drug-likeness (QED) is 0.570. The fourth-order valence-electron chi connectivity index (χ4n) is 4.06. The number of hydrogen-bond acceptors (Lipinski definition) is 3. The molecule has 1 aliphatic heterocycles. The highest BCUT2D eigenvalue weighted by Gasteiger charge is 2.19. The summed E-state index contributed by atoms with van der Waals surface area (Å²) in [4.78, 5) is 19.8. The molecule has 1 fully saturated rings. The van der Waals surface area contributed by atoms with E-state index < -0.39 is 0 Å². The Hall–Kier alpha value is -2.82. The lowest BCUT2D eigenvalue weighted by Gasteiger charge is -2.21. The van der Waals surface area contributed by atoms with Crippen LogP contribution >= 0.6 is 0 Å². The van der Waals surface area contributed by atoms with Gasteiger partial charge in [-0.1, -0.05) is 51.0 Å². The largest absolute Gasteiger partial charge is 0.486 e. The van der Waals surface area contributed by atoms with Crippen molar-refractivity contribution in [3.8, 4) is 5.75 Å². The molecule has 2 heterocycles. The molecule has 4 rings (SSSR count). The van der Waals surface area contributed by atoms with Crippen molar-refractivity contribution in [1.82, 2.24) is 14.5 Å². The SMILES string of the molecule is CC(C)c1ccc(OCc2nc3ccccc3n2CC(=O)N2CCCCCC2)cc1. The number of fused-ring (bicyclic) bond motifs is 1. The smallest absolute Gasteiger partial charge is 0.242 e. The van der Waals surface area contributed by atoms with Crippen LogP contribution in [-0.2, 0) is 17.9 Å². The number of amides is 1. The third-order valence-electron chi connectivity index (χ3n) is 5.90. The average molecular weight is 406 g/mol. The van der Waals surface area contributed by atoms with Crippen LogP contribution in [0.25, 0.3) is 11.0 Å². The summed E-state index contributed by atoms with van der Waals surface area (Å²) in [6.07, 6.45) is 4.62. The van der Waals surface area contributed by atoms with Crippen LogP contribution in [-0.4, -0.2) is 33.4 Å². The normalized spacial score (nSPS) is 14.8. The number of rotatable bonds is 6. The minimum atomic E-state index is 0.169. The molecule has 2 aromatic carbocycles. The predicted octanol–water partition coefficient (Wildman–Crippen LogP) is 5.14. The molecule has 3 aromatic rings. The number of benzene rings is 2. The summed E-state index contributed by atoms with van der Waals surface area (Å²) in [5, 5.41) is 0. The molecule has 0 N–H and O–H groups in total. The summed E-state index contributed by atoms with van der Waals surface area (Å²) in [6, 6.07) is 16.2. The van der Waals surface area contributed by atoms with Crippen molar-refractivity contribution >= 4 is 16.9 Å². The molecule has 5 nitrogen and oxygen atoms in total. The molecule has 0 aliphatic carbocycles. The van der Waals surface area contributed by atoms with Crippen molar-refractivity contribution in [1.29, 1.82) is 0 Å². The standard InChI is InChI=1S/C25H31N3O2/c1-19(2)20-11-13-21(14-12-20)30-18-24-26-22-9-5-6-10-23(22)28(24)17-25(29)27-15-7-3-4-8-16-27/h5-6,9-14,19H,3-4,7-8,15-18H2,1-2H3. The Bertz CT molecular complexity index is 983. The molecule has 1 aromatic heterocycles. The topological polar surface area (TPSA) is 47.4 Å². The van der Waals surface area contributed by atoms with E-state index in [1.807, 2.05) is 45.9 Å². The summed E-state index contributed by atoms with van der Waals surface area (Å²) in [5.41, 5.74) is 3.17. The van der Waals surface area contributed by atoms with Crippen LogP contribution in [0.3, 0.4) is 0 Å². The lowest BCUT2D eigenvalue weighted by atomic mass is 10.0. The second kappa shape index (κ2) is 9.33. The van der Waals surface area contributed by atoms with E-state index in [1.165, 1.54) is 18.4 Å². The van der Waals surface area contributed by atoms with Gasteiger partial charge in [0.05, 0.1) is 11.0 Å². The van der Waals surface area contributed by atoms with Gasteiger partial charge in [0.2, 0.25) is 5.91 Å². The Kier molecular flexibility index (Phi) is 6.36. The molecule has 1 aliphatic rings. The van der Waals surface area contributed by atoms with E-state index in [4.69, 9.17) is 9.72 Å². The number of ether oxygens (including phenoxy) is 1. The van der Waals surface area contributed by atoms with E-state index in [-0.39, 0.29) is 5.91 Å². The minimum Gasteiger partial charge on any atom is -0.486 e. The molecule has 0 radical (unpaired) electrons. The number of para-hydroxylation sites is 2. The Labute approximate surface area is 178 Å². The van der Waals surface area contributed by atoms with Crippen LogP contribution in [0, 0.1) is 0 Å². The Morgan fingerprint density at radius 1 is 1.00 bits per heavy atom. The maximum Gasteiger partial charge on any atom is 0.242 e. The summed E-state index contributed by atoms with van der Waals surface area (Å²) in [7, 11) is 0. The van der Waals surface area contributed by atoms with Crippen LogP contribution in [0.1, 0.15) is 56.8 Å². The second-order valence-electron chi connectivity index (χ2n) is 8.41. The molecule has 0 unspecified atom stereocenters. The predicted molar refractivity (Wildman–Crippen MR) is 120 cm³/mol. The number of aromatic nitrogens is 2. The van der Waals surface area contributed by atoms with Gasteiger partial charge in [-0.2, -0.15) is 0 Å². The lowest BCUT2D eigenvalue weighted by Crippen LogP contribution is -2.35. The highest BCUT2D eigenvalue weighted by Crippen LogP contribution is 2.22. The van der Waals surface area contributed by atoms with Crippen molar-refractivity contribution in [2.24, 2.45) is 0 Å². The first-order chi connectivity index (χ1) is 14.6. The molecule has 0 saturated carbocycles. The molecule has 0 bridgehead atoms. The lowest BCUT2D eigenvalue weighted by molar-refractivity contribution is -0.131. The van der Waals surface area contributed by atoms with Crippen molar-refractivity contribution in [2.45, 2.75) is 58.6 Å². The number of likely N-dealkylation sites (tertiary alicyclic amines) is 1. The summed E-state index contributed by atoms with van der Waals surface area (Å²) >= 11 is 0. The monoisotopic (exact) mass is 405 g/mol. The van der Waals surface area contributed by atoms with E-state index >= 15 is 0 Å². The van der Waals surface area contributed by atoms with Gasteiger partial charge in [0.15, 0.2) is 0 Å². The zero-order valence-electron chi connectivity index (χ0n) is 18.0. The number of nitrogens with zero attached hydrogens (tertiary/aromatic N) is 3. The van der Waals surface area contributed by atoms with Gasteiger partial charge in [-0.05, 0) is 48.6 Å². The van der Waals surface area contributed by atoms with Gasteiger partial charge in [-0.25, -0.2) is 4.98 Å². The van der Waals surface area contributed by atoms with Crippen molar-refractivity contribution in [3.63, 3.8) is 0 Å². The Balaban J connectivity index is 1.53. The van der Waals surface area contributed by atoms with Crippen molar-refractivity contribution < 1.29 is 9.53 Å². The second-order valence-corrected chi connectivity index (χ2v) is 8.41. The molecule has 0 spiro atoms. The van der Waals surface area contributed by atoms with Crippen molar-refractivity contribution in [3.05, 3.63) is 59.9 Å². The average Bonchev–Trinajstić information content (AvgIpc) is 2.92. The molecule has 30 heavy (non-hydrogen) atoms. The number of carbonyl (C=O) groups is 1. The van der Waals surface area contributed by atoms with Gasteiger partial charge in [0.25, 0.3) is 0 Å². The first-order valence-electron chi connectivity index (χ1n) is 11.1. The molecule has 1 amide bonds. The van der Waals surface area contributed by atoms with Crippen LogP contribution in [0.15, 0.2) is 48.5 Å². The van der Waals surface area contributed by atoms with E-state index in [1.54, 1.807) is 0 Å². The van der Waals surface area contributed by atoms with Gasteiger partial charge in [0, 0.05) is 13.1 Å². The molecular weight excluding hydrogens is 374 g/mol. The molecule has 1 saturated heterocycles.